The second kappa shape index (κ2) is 17.3. The van der Waals surface area contributed by atoms with E-state index in [0.29, 0.717) is 11.6 Å². The maximum absolute atomic E-state index is 6.56. The van der Waals surface area contributed by atoms with E-state index in [1.807, 2.05) is 36.4 Å². The number of imidazole rings is 1. The van der Waals surface area contributed by atoms with Crippen LogP contribution in [-0.2, 0) is 31.9 Å². The summed E-state index contributed by atoms with van der Waals surface area (Å²) in [6.07, 6.45) is 3.24. The molecular weight excluding hydrogens is 929 g/mol. The number of aryl methyl sites for hydroxylation is 1. The first-order valence-electron chi connectivity index (χ1n) is 20.6. The molecule has 0 amide bonds. The quantitative estimate of drug-likeness (QED) is 0.118. The first-order valence-corrected chi connectivity index (χ1v) is 24.1. The van der Waals surface area contributed by atoms with Gasteiger partial charge in [-0.15, -0.1) is 53.6 Å². The van der Waals surface area contributed by atoms with Crippen LogP contribution in [0.3, 0.4) is 0 Å². The summed E-state index contributed by atoms with van der Waals surface area (Å²) in [5.41, 5.74) is 13.1. The molecule has 305 valence electrons. The van der Waals surface area contributed by atoms with Crippen molar-refractivity contribution in [2.45, 2.75) is 73.0 Å². The van der Waals surface area contributed by atoms with Crippen molar-refractivity contribution in [3.05, 3.63) is 163 Å². The Balaban J connectivity index is 0.000000220. The minimum absolute atomic E-state index is 0. The summed E-state index contributed by atoms with van der Waals surface area (Å²) >= 11 is 0. The summed E-state index contributed by atoms with van der Waals surface area (Å²) in [6, 6.07) is 50.7. The molecule has 0 aliphatic heterocycles. The molecule has 0 unspecified atom stereocenters. The molecule has 0 spiro atoms. The summed E-state index contributed by atoms with van der Waals surface area (Å²) in [4.78, 5) is 14.8. The minimum atomic E-state index is -1.34. The Hall–Kier alpha value is -5.46. The van der Waals surface area contributed by atoms with Gasteiger partial charge in [0.1, 0.15) is 0 Å². The van der Waals surface area contributed by atoms with E-state index in [1.165, 1.54) is 10.8 Å². The Labute approximate surface area is 369 Å². The molecule has 0 fully saturated rings. The third kappa shape index (κ3) is 8.58. The molecule has 9 aromatic rings. The second-order valence-corrected chi connectivity index (χ2v) is 23.0. The van der Waals surface area contributed by atoms with Gasteiger partial charge in [0, 0.05) is 54.0 Å². The molecule has 5 nitrogen and oxygen atoms in total. The summed E-state index contributed by atoms with van der Waals surface area (Å²) in [7, 11) is -1.34. The molecule has 0 bridgehead atoms. The van der Waals surface area contributed by atoms with Gasteiger partial charge in [-0.05, 0) is 59.1 Å². The SMILES string of the molecule is CC(C)Cc1cc(-c2[c-]cccc2)ncc1[Si](C)(C)C.Cc1c[c-]c(-c2nc3ccccc3n2-c2ccccc2-c2ccccc2)c2oc3nc(C(C)(C)C)ccc3c12.[Ir]. The fraction of sp³-hybridized carbons (Fsp3) is 0.226. The van der Waals surface area contributed by atoms with Crippen molar-refractivity contribution in [2.75, 3.05) is 0 Å². The third-order valence-electron chi connectivity index (χ3n) is 10.8. The van der Waals surface area contributed by atoms with Crippen LogP contribution in [0.1, 0.15) is 51.4 Å². The van der Waals surface area contributed by atoms with Crippen LogP contribution in [0.25, 0.3) is 72.6 Å². The van der Waals surface area contributed by atoms with Gasteiger partial charge < -0.3 is 14.0 Å². The average Bonchev–Trinajstić information content (AvgIpc) is 3.80. The van der Waals surface area contributed by atoms with E-state index in [2.05, 4.69) is 180 Å². The van der Waals surface area contributed by atoms with Crippen molar-refractivity contribution in [1.29, 1.82) is 0 Å². The summed E-state index contributed by atoms with van der Waals surface area (Å²) in [5.74, 6) is 1.46. The first kappa shape index (κ1) is 42.7. The van der Waals surface area contributed by atoms with Crippen LogP contribution < -0.4 is 5.19 Å². The smallest absolute Gasteiger partial charge is 0.216 e. The summed E-state index contributed by atoms with van der Waals surface area (Å²) in [5, 5.41) is 3.56. The van der Waals surface area contributed by atoms with Crippen molar-refractivity contribution in [1.82, 2.24) is 19.5 Å². The maximum atomic E-state index is 6.56. The van der Waals surface area contributed by atoms with Crippen LogP contribution in [0, 0.1) is 25.0 Å². The Bertz CT molecular complexity index is 2920. The molecule has 0 saturated heterocycles. The molecule has 1 radical (unpaired) electrons. The number of aromatic nitrogens is 4. The van der Waals surface area contributed by atoms with Gasteiger partial charge >= 0.3 is 0 Å². The second-order valence-electron chi connectivity index (χ2n) is 17.9. The number of fused-ring (bicyclic) bond motifs is 4. The Morgan fingerprint density at radius 2 is 1.52 bits per heavy atom. The molecule has 0 N–H and O–H groups in total. The van der Waals surface area contributed by atoms with Gasteiger partial charge in [-0.1, -0.05) is 144 Å². The van der Waals surface area contributed by atoms with Crippen LogP contribution in [0.5, 0.6) is 0 Å². The number of benzene rings is 5. The van der Waals surface area contributed by atoms with Crippen LogP contribution >= 0.6 is 0 Å². The Kier molecular flexibility index (Phi) is 12.3. The minimum Gasteiger partial charge on any atom is -0.486 e. The zero-order chi connectivity index (χ0) is 41.5. The number of hydrogen-bond donors (Lipinski definition) is 0. The largest absolute Gasteiger partial charge is 0.486 e. The van der Waals surface area contributed by atoms with Gasteiger partial charge in [0.15, 0.2) is 0 Å². The topological polar surface area (TPSA) is 56.7 Å². The number of hydrogen-bond acceptors (Lipinski definition) is 4. The van der Waals surface area contributed by atoms with Crippen LogP contribution in [0.4, 0.5) is 0 Å². The molecule has 0 aliphatic rings. The monoisotopic (exact) mass is 981 g/mol. The van der Waals surface area contributed by atoms with Gasteiger partial charge in [0.05, 0.1) is 30.5 Å². The van der Waals surface area contributed by atoms with Crippen molar-refractivity contribution < 1.29 is 24.5 Å². The summed E-state index contributed by atoms with van der Waals surface area (Å²) in [6.45, 7) is 20.3. The van der Waals surface area contributed by atoms with E-state index in [1.54, 1.807) is 0 Å². The molecule has 7 heteroatoms. The normalized spacial score (nSPS) is 11.8. The molecule has 60 heavy (non-hydrogen) atoms. The van der Waals surface area contributed by atoms with E-state index < -0.39 is 8.07 Å². The van der Waals surface area contributed by atoms with Crippen LogP contribution in [0.15, 0.2) is 138 Å². The molecule has 5 aromatic carbocycles. The molecule has 0 saturated carbocycles. The predicted octanol–water partition coefficient (Wildman–Crippen LogP) is 13.3. The number of para-hydroxylation sites is 3. The molecule has 0 atom stereocenters. The molecule has 0 aliphatic carbocycles. The molecule has 4 aromatic heterocycles. The average molecular weight is 981 g/mol. The zero-order valence-corrected chi connectivity index (χ0v) is 39.4. The van der Waals surface area contributed by atoms with Gasteiger partial charge in [-0.2, -0.15) is 0 Å². The maximum Gasteiger partial charge on any atom is 0.216 e. The Morgan fingerprint density at radius 1 is 0.800 bits per heavy atom. The van der Waals surface area contributed by atoms with E-state index >= 15 is 0 Å². The van der Waals surface area contributed by atoms with Crippen LogP contribution in [-0.4, -0.2) is 27.6 Å². The number of nitrogens with zero attached hydrogens (tertiary/aromatic N) is 4. The van der Waals surface area contributed by atoms with Crippen LogP contribution in [0.2, 0.25) is 19.6 Å². The van der Waals surface area contributed by atoms with Crippen molar-refractivity contribution in [3.63, 3.8) is 0 Å². The Morgan fingerprint density at radius 3 is 2.23 bits per heavy atom. The molecule has 4 heterocycles. The number of rotatable bonds is 7. The van der Waals surface area contributed by atoms with Gasteiger partial charge in [0.25, 0.3) is 0 Å². The van der Waals surface area contributed by atoms with E-state index in [4.69, 9.17) is 14.4 Å². The fourth-order valence-electron chi connectivity index (χ4n) is 7.90. The summed E-state index contributed by atoms with van der Waals surface area (Å²) < 4.78 is 8.80. The van der Waals surface area contributed by atoms with Gasteiger partial charge in [0.2, 0.25) is 5.71 Å². The van der Waals surface area contributed by atoms with E-state index in [-0.39, 0.29) is 25.5 Å². The first-order chi connectivity index (χ1) is 28.3. The van der Waals surface area contributed by atoms with E-state index in [9.17, 15) is 0 Å². The molecular formula is C53H52IrN4OSi-2. The van der Waals surface area contributed by atoms with Crippen molar-refractivity contribution >= 4 is 46.4 Å². The van der Waals surface area contributed by atoms with Crippen molar-refractivity contribution in [3.8, 4) is 39.5 Å². The standard InChI is InChI=1S/C35H28N3O.C18H24NSi.Ir/c1-22-18-19-26(32-31(22)25-20-21-30(35(2,3)4)37-34(25)39-32)33-36-27-15-9-11-17-29(27)38(33)28-16-10-8-14-24(28)23-12-6-5-7-13-23;1-14(2)11-16-12-17(15-9-7-6-8-10-15)19-13-18(16)20(3,4)5;/h5-18,20-21H,1-4H3;6-9,12-14H,11H2,1-5H3;/q2*-1;. The van der Waals surface area contributed by atoms with Crippen molar-refractivity contribution in [2.24, 2.45) is 5.92 Å². The number of pyridine rings is 2. The van der Waals surface area contributed by atoms with E-state index in [0.717, 1.165) is 84.5 Å². The number of furan rings is 1. The zero-order valence-electron chi connectivity index (χ0n) is 36.0. The van der Waals surface area contributed by atoms with Gasteiger partial charge in [-0.3, -0.25) is 4.98 Å². The molecule has 9 rings (SSSR count). The third-order valence-corrected chi connectivity index (χ3v) is 12.9. The van der Waals surface area contributed by atoms with Gasteiger partial charge in [-0.25, -0.2) is 4.98 Å². The predicted molar refractivity (Wildman–Crippen MR) is 249 cm³/mol. The fourth-order valence-corrected chi connectivity index (χ4v) is 9.49.